The number of hydrogen-bond acceptors (Lipinski definition) is 1. The number of rotatable bonds is 10. The van der Waals surface area contributed by atoms with Gasteiger partial charge in [-0.05, 0) is 68.4 Å². The predicted octanol–water partition coefficient (Wildman–Crippen LogP) is 6.30. The average Bonchev–Trinajstić information content (AvgIpc) is 2.65. The highest BCUT2D eigenvalue weighted by atomic mass is 35.5. The van der Waals surface area contributed by atoms with Crippen LogP contribution in [0.15, 0.2) is 24.3 Å². The van der Waals surface area contributed by atoms with Gasteiger partial charge in [-0.3, -0.25) is 9.18 Å². The molecule has 25 heavy (non-hydrogen) atoms. The molecular formula is C22H32ClFO. The second-order valence-corrected chi connectivity index (χ2v) is 8.07. The van der Waals surface area contributed by atoms with Gasteiger partial charge >= 0.3 is 0 Å². The lowest BCUT2D eigenvalue weighted by atomic mass is 9.77. The number of carbonyl (C=O) groups is 1. The fourth-order valence-electron chi connectivity index (χ4n) is 3.86. The van der Waals surface area contributed by atoms with Gasteiger partial charge in [-0.25, -0.2) is 0 Å². The van der Waals surface area contributed by atoms with Crippen molar-refractivity contribution in [2.45, 2.75) is 76.5 Å². The van der Waals surface area contributed by atoms with Crippen molar-refractivity contribution in [3.05, 3.63) is 35.4 Å². The fraction of sp³-hybridized carbons (Fsp3) is 0.682. The summed E-state index contributed by atoms with van der Waals surface area (Å²) in [6.07, 6.45) is 9.33. The van der Waals surface area contributed by atoms with E-state index in [1.54, 1.807) is 0 Å². The Balaban J connectivity index is 1.76. The van der Waals surface area contributed by atoms with Crippen LogP contribution in [0.4, 0.5) is 4.39 Å². The number of Topliss-reactive ketones (excluding diaryl/α,β-unsaturated/α-hetero) is 1. The molecule has 1 unspecified atom stereocenters. The van der Waals surface area contributed by atoms with Gasteiger partial charge in [0.2, 0.25) is 0 Å². The molecule has 1 aliphatic rings. The van der Waals surface area contributed by atoms with Gasteiger partial charge < -0.3 is 0 Å². The highest BCUT2D eigenvalue weighted by Crippen LogP contribution is 2.35. The Hall–Kier alpha value is -0.890. The minimum absolute atomic E-state index is 0.142. The lowest BCUT2D eigenvalue weighted by Crippen LogP contribution is -2.27. The highest BCUT2D eigenvalue weighted by molar-refractivity contribution is 6.20. The Morgan fingerprint density at radius 1 is 1.12 bits per heavy atom. The molecule has 1 saturated carbocycles. The summed E-state index contributed by atoms with van der Waals surface area (Å²) in [7, 11) is 0. The van der Waals surface area contributed by atoms with Gasteiger partial charge in [-0.2, -0.15) is 0 Å². The first-order valence-electron chi connectivity index (χ1n) is 9.94. The molecule has 0 heterocycles. The molecule has 1 aliphatic carbocycles. The summed E-state index contributed by atoms with van der Waals surface area (Å²) in [6.45, 7) is 1.88. The van der Waals surface area contributed by atoms with Crippen molar-refractivity contribution >= 4 is 17.4 Å². The van der Waals surface area contributed by atoms with Crippen LogP contribution in [-0.4, -0.2) is 17.8 Å². The van der Waals surface area contributed by atoms with Crippen LogP contribution in [-0.2, 0) is 17.6 Å². The van der Waals surface area contributed by atoms with E-state index in [4.69, 9.17) is 11.6 Å². The number of hydrogen-bond donors (Lipinski definition) is 0. The van der Waals surface area contributed by atoms with Gasteiger partial charge in [0.05, 0.1) is 6.67 Å². The molecule has 0 amide bonds. The summed E-state index contributed by atoms with van der Waals surface area (Å²) in [5, 5.41) is 0.142. The van der Waals surface area contributed by atoms with E-state index in [0.717, 1.165) is 57.8 Å². The van der Waals surface area contributed by atoms with E-state index in [1.807, 2.05) is 0 Å². The number of aryl methyl sites for hydroxylation is 1. The number of benzene rings is 1. The van der Waals surface area contributed by atoms with E-state index in [1.165, 1.54) is 11.1 Å². The van der Waals surface area contributed by atoms with E-state index in [0.29, 0.717) is 18.1 Å². The maximum Gasteiger partial charge on any atom is 0.135 e. The maximum absolute atomic E-state index is 12.2. The third-order valence-electron chi connectivity index (χ3n) is 5.57. The topological polar surface area (TPSA) is 17.1 Å². The van der Waals surface area contributed by atoms with Crippen LogP contribution in [0.25, 0.3) is 0 Å². The third kappa shape index (κ3) is 6.73. The Kier molecular flexibility index (Phi) is 8.95. The minimum Gasteiger partial charge on any atom is -0.299 e. The Bertz CT molecular complexity index is 505. The first kappa shape index (κ1) is 20.4. The molecule has 0 aliphatic heterocycles. The zero-order valence-electron chi connectivity index (χ0n) is 15.5. The van der Waals surface area contributed by atoms with Crippen LogP contribution >= 0.6 is 11.6 Å². The van der Waals surface area contributed by atoms with Crippen molar-refractivity contribution in [2.75, 3.05) is 6.67 Å². The Morgan fingerprint density at radius 3 is 2.36 bits per heavy atom. The van der Waals surface area contributed by atoms with Crippen molar-refractivity contribution in [1.82, 2.24) is 0 Å². The first-order valence-corrected chi connectivity index (χ1v) is 10.4. The SMILES string of the molecule is CCCCC(=O)C1CCC(C(Cl)Cc2ccc(CCCF)cc2)CC1. The van der Waals surface area contributed by atoms with Gasteiger partial charge in [0.15, 0.2) is 0 Å². The molecule has 0 spiro atoms. The second-order valence-electron chi connectivity index (χ2n) is 7.51. The lowest BCUT2D eigenvalue weighted by Gasteiger charge is -2.30. The van der Waals surface area contributed by atoms with E-state index in [2.05, 4.69) is 31.2 Å². The van der Waals surface area contributed by atoms with E-state index in [9.17, 15) is 9.18 Å². The number of unbranched alkanes of at least 4 members (excludes halogenated alkanes) is 1. The van der Waals surface area contributed by atoms with Crippen molar-refractivity contribution < 1.29 is 9.18 Å². The van der Waals surface area contributed by atoms with Crippen LogP contribution in [0.1, 0.15) is 69.4 Å². The van der Waals surface area contributed by atoms with Gasteiger partial charge in [-0.15, -0.1) is 11.6 Å². The van der Waals surface area contributed by atoms with Crippen LogP contribution < -0.4 is 0 Å². The smallest absolute Gasteiger partial charge is 0.135 e. The molecule has 0 bridgehead atoms. The summed E-state index contributed by atoms with van der Waals surface area (Å²) in [6, 6.07) is 8.45. The normalized spacial score (nSPS) is 21.9. The van der Waals surface area contributed by atoms with Gasteiger partial charge in [0, 0.05) is 17.7 Å². The van der Waals surface area contributed by atoms with Crippen molar-refractivity contribution in [1.29, 1.82) is 0 Å². The summed E-state index contributed by atoms with van der Waals surface area (Å²) in [4.78, 5) is 12.2. The monoisotopic (exact) mass is 366 g/mol. The van der Waals surface area contributed by atoms with Crippen molar-refractivity contribution in [3.8, 4) is 0 Å². The van der Waals surface area contributed by atoms with Gasteiger partial charge in [-0.1, -0.05) is 37.6 Å². The maximum atomic E-state index is 12.2. The van der Waals surface area contributed by atoms with Crippen molar-refractivity contribution in [3.63, 3.8) is 0 Å². The summed E-state index contributed by atoms with van der Waals surface area (Å²) in [5.74, 6) is 1.26. The largest absolute Gasteiger partial charge is 0.299 e. The van der Waals surface area contributed by atoms with Crippen LogP contribution in [0, 0.1) is 11.8 Å². The number of ketones is 1. The zero-order valence-corrected chi connectivity index (χ0v) is 16.2. The molecule has 1 fully saturated rings. The summed E-state index contributed by atoms with van der Waals surface area (Å²) >= 11 is 6.69. The quantitative estimate of drug-likeness (QED) is 0.444. The molecule has 0 aromatic heterocycles. The fourth-order valence-corrected chi connectivity index (χ4v) is 4.29. The molecule has 0 saturated heterocycles. The van der Waals surface area contributed by atoms with Gasteiger partial charge in [0.25, 0.3) is 0 Å². The average molecular weight is 367 g/mol. The van der Waals surface area contributed by atoms with Crippen LogP contribution in [0.5, 0.6) is 0 Å². The van der Waals surface area contributed by atoms with Crippen LogP contribution in [0.2, 0.25) is 0 Å². The molecule has 1 nitrogen and oxygen atoms in total. The van der Waals surface area contributed by atoms with Gasteiger partial charge in [0.1, 0.15) is 5.78 Å². The number of alkyl halides is 2. The molecule has 1 aromatic carbocycles. The van der Waals surface area contributed by atoms with E-state index < -0.39 is 0 Å². The molecule has 0 radical (unpaired) electrons. The highest BCUT2D eigenvalue weighted by Gasteiger charge is 2.29. The van der Waals surface area contributed by atoms with E-state index in [-0.39, 0.29) is 18.0 Å². The molecule has 3 heteroatoms. The predicted molar refractivity (Wildman–Crippen MR) is 104 cm³/mol. The third-order valence-corrected chi connectivity index (χ3v) is 6.08. The molecular weight excluding hydrogens is 335 g/mol. The Morgan fingerprint density at radius 2 is 1.76 bits per heavy atom. The molecule has 1 aromatic rings. The molecule has 140 valence electrons. The molecule has 2 rings (SSSR count). The van der Waals surface area contributed by atoms with Crippen LogP contribution in [0.3, 0.4) is 0 Å². The molecule has 1 atom stereocenters. The first-order chi connectivity index (χ1) is 12.1. The lowest BCUT2D eigenvalue weighted by molar-refractivity contribution is -0.124. The number of halogens is 2. The van der Waals surface area contributed by atoms with Crippen molar-refractivity contribution in [2.24, 2.45) is 11.8 Å². The number of carbonyl (C=O) groups excluding carboxylic acids is 1. The minimum atomic E-state index is -0.255. The second kappa shape index (κ2) is 11.0. The summed E-state index contributed by atoms with van der Waals surface area (Å²) < 4.78 is 12.2. The molecule has 0 N–H and O–H groups in total. The Labute approximate surface area is 157 Å². The van der Waals surface area contributed by atoms with E-state index >= 15 is 0 Å². The summed E-state index contributed by atoms with van der Waals surface area (Å²) in [5.41, 5.74) is 2.45. The standard InChI is InChI=1S/C22H32ClFO/c1-2-3-6-22(25)20-13-11-19(12-14-20)21(23)16-18-9-7-17(8-10-18)5-4-15-24/h7-10,19-21H,2-6,11-16H2,1H3. The zero-order chi connectivity index (χ0) is 18.1.